The molecule has 3 fully saturated rings. The Labute approximate surface area is 201 Å². The van der Waals surface area contributed by atoms with Crippen molar-refractivity contribution in [2.24, 2.45) is 29.1 Å². The van der Waals surface area contributed by atoms with Crippen molar-refractivity contribution in [1.82, 2.24) is 10.2 Å². The molecule has 5 nitrogen and oxygen atoms in total. The molecule has 2 bridgehead atoms. The number of benzene rings is 1. The molecule has 1 aromatic carbocycles. The predicted molar refractivity (Wildman–Crippen MR) is 125 cm³/mol. The lowest BCUT2D eigenvalue weighted by Crippen LogP contribution is -2.42. The maximum atomic E-state index is 14.3. The summed E-state index contributed by atoms with van der Waals surface area (Å²) in [5.41, 5.74) is -0.489. The van der Waals surface area contributed by atoms with Crippen molar-refractivity contribution in [2.75, 3.05) is 31.5 Å². The van der Waals surface area contributed by atoms with E-state index >= 15 is 0 Å². The average Bonchev–Trinajstić information content (AvgIpc) is 3.13. The van der Waals surface area contributed by atoms with Gasteiger partial charge in [0.15, 0.2) is 11.6 Å². The van der Waals surface area contributed by atoms with Gasteiger partial charge in [-0.3, -0.25) is 9.59 Å². The average molecular weight is 522 g/mol. The van der Waals surface area contributed by atoms with Crippen molar-refractivity contribution < 1.29 is 18.4 Å². The van der Waals surface area contributed by atoms with Gasteiger partial charge in [0.1, 0.15) is 5.69 Å². The lowest BCUT2D eigenvalue weighted by atomic mass is 9.81. The van der Waals surface area contributed by atoms with Crippen molar-refractivity contribution in [1.29, 1.82) is 0 Å². The summed E-state index contributed by atoms with van der Waals surface area (Å²) in [6, 6.07) is 2.24. The van der Waals surface area contributed by atoms with Crippen LogP contribution in [-0.2, 0) is 9.59 Å². The first-order chi connectivity index (χ1) is 15.9. The number of carbonyl (C=O) groups excluding carboxylic acids is 2. The summed E-state index contributed by atoms with van der Waals surface area (Å²) >= 11 is 3.05. The minimum Gasteiger partial charge on any atom is -0.356 e. The Kier molecular flexibility index (Phi) is 6.33. The number of nitrogens with one attached hydrogen (secondary N) is 2. The third kappa shape index (κ3) is 4.25. The van der Waals surface area contributed by atoms with Crippen molar-refractivity contribution >= 4 is 33.4 Å². The fourth-order valence-electron chi connectivity index (χ4n) is 6.37. The molecule has 1 saturated heterocycles. The fraction of sp³-hybridized carbons (Fsp3) is 0.600. The van der Waals surface area contributed by atoms with E-state index < -0.39 is 35.1 Å². The summed E-state index contributed by atoms with van der Waals surface area (Å²) in [5, 5.41) is 5.52. The van der Waals surface area contributed by atoms with E-state index in [4.69, 9.17) is 0 Å². The van der Waals surface area contributed by atoms with Gasteiger partial charge >= 0.3 is 0 Å². The van der Waals surface area contributed by atoms with E-state index in [9.17, 15) is 18.4 Å². The van der Waals surface area contributed by atoms with E-state index in [0.29, 0.717) is 6.54 Å². The zero-order chi connectivity index (χ0) is 23.2. The summed E-state index contributed by atoms with van der Waals surface area (Å²) in [6.07, 6.45) is 10.6. The summed E-state index contributed by atoms with van der Waals surface area (Å²) < 4.78 is 28.9. The number of hydrogen-bond acceptors (Lipinski definition) is 3. The Bertz CT molecular complexity index is 951. The van der Waals surface area contributed by atoms with Crippen molar-refractivity contribution in [3.63, 3.8) is 0 Å². The number of carbonyl (C=O) groups is 2. The molecule has 4 aliphatic rings. The van der Waals surface area contributed by atoms with Crippen LogP contribution < -0.4 is 10.6 Å². The number of rotatable bonds is 8. The second kappa shape index (κ2) is 9.10. The molecular weight excluding hydrogens is 492 g/mol. The first-order valence-electron chi connectivity index (χ1n) is 12.0. The van der Waals surface area contributed by atoms with Gasteiger partial charge in [0, 0.05) is 11.0 Å². The monoisotopic (exact) mass is 521 g/mol. The van der Waals surface area contributed by atoms with Gasteiger partial charge in [-0.05, 0) is 87.5 Å². The molecule has 4 atom stereocenters. The van der Waals surface area contributed by atoms with Crippen LogP contribution in [0.5, 0.6) is 0 Å². The normalized spacial score (nSPS) is 29.1. The van der Waals surface area contributed by atoms with Gasteiger partial charge in [0.2, 0.25) is 11.8 Å². The molecule has 0 radical (unpaired) electrons. The van der Waals surface area contributed by atoms with Crippen molar-refractivity contribution in [2.45, 2.75) is 38.5 Å². The van der Waals surface area contributed by atoms with Gasteiger partial charge in [0.05, 0.1) is 11.8 Å². The van der Waals surface area contributed by atoms with Crippen molar-refractivity contribution in [3.8, 4) is 0 Å². The Morgan fingerprint density at radius 1 is 1.00 bits per heavy atom. The maximum absolute atomic E-state index is 14.3. The molecule has 0 unspecified atom stereocenters. The number of likely N-dealkylation sites (tertiary alicyclic amines) is 1. The molecule has 8 heteroatoms. The van der Waals surface area contributed by atoms with Crippen LogP contribution in [0.1, 0.15) is 38.5 Å². The van der Waals surface area contributed by atoms with E-state index in [-0.39, 0.29) is 27.6 Å². The van der Waals surface area contributed by atoms with Crippen LogP contribution in [0, 0.1) is 40.7 Å². The van der Waals surface area contributed by atoms with Gasteiger partial charge in [-0.1, -0.05) is 28.1 Å². The van der Waals surface area contributed by atoms with Crippen LogP contribution in [0.2, 0.25) is 0 Å². The zero-order valence-electron chi connectivity index (χ0n) is 18.6. The smallest absolute Gasteiger partial charge is 0.229 e. The van der Waals surface area contributed by atoms with Crippen LogP contribution >= 0.6 is 15.9 Å². The molecule has 1 aliphatic heterocycles. The number of allylic oxidation sites excluding steroid dienone is 2. The zero-order valence-corrected chi connectivity index (χ0v) is 20.2. The van der Waals surface area contributed by atoms with Gasteiger partial charge < -0.3 is 15.5 Å². The number of unbranched alkanes of at least 4 members (excludes halogenated alkanes) is 1. The summed E-state index contributed by atoms with van der Waals surface area (Å²) in [4.78, 5) is 29.0. The highest BCUT2D eigenvalue weighted by Crippen LogP contribution is 2.72. The first kappa shape index (κ1) is 23.0. The van der Waals surface area contributed by atoms with Crippen LogP contribution in [0.25, 0.3) is 0 Å². The minimum atomic E-state index is -0.839. The summed E-state index contributed by atoms with van der Waals surface area (Å²) in [6.45, 7) is 3.98. The summed E-state index contributed by atoms with van der Waals surface area (Å²) in [5.74, 6) is -3.43. The number of anilines is 1. The Balaban J connectivity index is 1.24. The lowest BCUT2D eigenvalue weighted by molar-refractivity contribution is -0.132. The second-order valence-corrected chi connectivity index (χ2v) is 10.9. The molecule has 1 spiro atoms. The van der Waals surface area contributed by atoms with E-state index in [2.05, 4.69) is 37.5 Å². The molecule has 1 heterocycles. The number of amides is 2. The number of nitrogens with zero attached hydrogens (tertiary/aromatic N) is 1. The van der Waals surface area contributed by atoms with Gasteiger partial charge in [-0.15, -0.1) is 0 Å². The van der Waals surface area contributed by atoms with Gasteiger partial charge in [-0.2, -0.15) is 0 Å². The Morgan fingerprint density at radius 3 is 2.21 bits per heavy atom. The Hall–Kier alpha value is -1.80. The topological polar surface area (TPSA) is 61.4 Å². The highest BCUT2D eigenvalue weighted by molar-refractivity contribution is 9.10. The number of hydrogen-bond donors (Lipinski definition) is 2. The summed E-state index contributed by atoms with van der Waals surface area (Å²) in [7, 11) is 0. The van der Waals surface area contributed by atoms with Crippen LogP contribution in [0.4, 0.5) is 14.5 Å². The van der Waals surface area contributed by atoms with Crippen LogP contribution in [0.15, 0.2) is 28.8 Å². The first-order valence-corrected chi connectivity index (χ1v) is 12.8. The molecule has 33 heavy (non-hydrogen) atoms. The third-order valence-corrected chi connectivity index (χ3v) is 8.56. The predicted octanol–water partition coefficient (Wildman–Crippen LogP) is 4.49. The largest absolute Gasteiger partial charge is 0.356 e. The van der Waals surface area contributed by atoms with E-state index in [0.717, 1.165) is 44.4 Å². The standard InChI is InChI=1S/C25H30BrF2N3O2/c26-15-13-18(27)22(19(28)14-15)30-24(33)21-17-6-5-16(25(17)7-8-25)20(21)23(32)29-9-1-2-10-31-11-3-4-12-31/h5-6,13-14,16-17,20-21H,1-4,7-12H2,(H,29,32)(H,30,33)/t16-,17+,20-,21-/m1/s1. The second-order valence-electron chi connectivity index (χ2n) is 10.0. The number of halogens is 3. The van der Waals surface area contributed by atoms with E-state index in [1.54, 1.807) is 0 Å². The minimum absolute atomic E-state index is 0.0162. The Morgan fingerprint density at radius 2 is 1.61 bits per heavy atom. The highest BCUT2D eigenvalue weighted by atomic mass is 79.9. The van der Waals surface area contributed by atoms with Crippen molar-refractivity contribution in [3.05, 3.63) is 40.4 Å². The molecule has 0 aromatic heterocycles. The van der Waals surface area contributed by atoms with Gasteiger partial charge in [0.25, 0.3) is 0 Å². The highest BCUT2D eigenvalue weighted by Gasteiger charge is 2.69. The maximum Gasteiger partial charge on any atom is 0.229 e. The van der Waals surface area contributed by atoms with E-state index in [1.807, 2.05) is 6.08 Å². The molecule has 2 saturated carbocycles. The van der Waals surface area contributed by atoms with Crippen LogP contribution in [-0.4, -0.2) is 42.9 Å². The van der Waals surface area contributed by atoms with Crippen LogP contribution in [0.3, 0.4) is 0 Å². The molecule has 3 aliphatic carbocycles. The fourth-order valence-corrected chi connectivity index (χ4v) is 6.78. The molecular formula is C25H30BrF2N3O2. The quantitative estimate of drug-likeness (QED) is 0.391. The van der Waals surface area contributed by atoms with Gasteiger partial charge in [-0.25, -0.2) is 8.78 Å². The lowest BCUT2D eigenvalue weighted by Gasteiger charge is -2.26. The SMILES string of the molecule is O=C(NCCCCN1CCCC1)[C@H]1[C@H](C(=O)Nc2c(F)cc(Br)cc2F)[C@@H]2C=C[C@H]1C21CC1. The molecule has 5 rings (SSSR count). The molecule has 2 amide bonds. The third-order valence-electron chi connectivity index (χ3n) is 8.10. The molecule has 178 valence electrons. The van der Waals surface area contributed by atoms with E-state index in [1.165, 1.54) is 25.9 Å². The molecule has 2 N–H and O–H groups in total. The molecule has 1 aromatic rings.